The zero-order valence-corrected chi connectivity index (χ0v) is 10.6. The van der Waals surface area contributed by atoms with Gasteiger partial charge in [-0.2, -0.15) is 0 Å². The van der Waals surface area contributed by atoms with Crippen LogP contribution in [0.4, 0.5) is 0 Å². The Kier molecular flexibility index (Phi) is 2.84. The van der Waals surface area contributed by atoms with Gasteiger partial charge in [0.25, 0.3) is 0 Å². The summed E-state index contributed by atoms with van der Waals surface area (Å²) in [6.45, 7) is 1.58. The van der Waals surface area contributed by atoms with Gasteiger partial charge in [-0.3, -0.25) is 9.78 Å². The Balaban J connectivity index is 2.06. The number of aromatic nitrogens is 1. The van der Waals surface area contributed by atoms with Crippen LogP contribution in [-0.2, 0) is 0 Å². The Morgan fingerprint density at radius 1 is 0.947 bits per heavy atom. The lowest BCUT2D eigenvalue weighted by molar-refractivity contribution is 0.101. The van der Waals surface area contributed by atoms with E-state index in [1.807, 2.05) is 36.4 Å². The van der Waals surface area contributed by atoms with Gasteiger partial charge < -0.3 is 0 Å². The molecule has 0 aliphatic rings. The zero-order chi connectivity index (χ0) is 13.2. The van der Waals surface area contributed by atoms with E-state index in [4.69, 9.17) is 0 Å². The molecule has 0 aliphatic heterocycles. The fourth-order valence-corrected chi connectivity index (χ4v) is 2.15. The number of hydrogen-bond donors (Lipinski definition) is 0. The number of Topliss-reactive ketones (excluding diaryl/α,β-unsaturated/α-hetero) is 1. The molecule has 3 rings (SSSR count). The van der Waals surface area contributed by atoms with Crippen LogP contribution in [0.5, 0.6) is 0 Å². The number of hydrogen-bond acceptors (Lipinski definition) is 2. The van der Waals surface area contributed by atoms with Gasteiger partial charge >= 0.3 is 0 Å². The molecule has 19 heavy (non-hydrogen) atoms. The number of ketones is 1. The molecule has 0 N–H and O–H groups in total. The maximum atomic E-state index is 11.3. The molecule has 2 nitrogen and oxygen atoms in total. The van der Waals surface area contributed by atoms with Gasteiger partial charge in [-0.15, -0.1) is 0 Å². The van der Waals surface area contributed by atoms with E-state index in [-0.39, 0.29) is 5.78 Å². The Labute approximate surface area is 111 Å². The third-order valence-corrected chi connectivity index (χ3v) is 3.23. The van der Waals surface area contributed by atoms with E-state index < -0.39 is 0 Å². The summed E-state index contributed by atoms with van der Waals surface area (Å²) in [5.41, 5.74) is 3.98. The summed E-state index contributed by atoms with van der Waals surface area (Å²) < 4.78 is 0. The van der Waals surface area contributed by atoms with Gasteiger partial charge in [0.15, 0.2) is 5.78 Å². The highest BCUT2D eigenvalue weighted by Gasteiger charge is 2.02. The highest BCUT2D eigenvalue weighted by Crippen LogP contribution is 2.23. The molecule has 0 amide bonds. The van der Waals surface area contributed by atoms with Crippen molar-refractivity contribution >= 4 is 16.7 Å². The van der Waals surface area contributed by atoms with E-state index in [0.717, 1.165) is 27.6 Å². The third kappa shape index (κ3) is 2.25. The van der Waals surface area contributed by atoms with Gasteiger partial charge in [-0.1, -0.05) is 36.4 Å². The molecular formula is C17H13NO. The molecule has 0 atom stereocenters. The number of nitrogens with zero attached hydrogens (tertiary/aromatic N) is 1. The number of benzene rings is 2. The van der Waals surface area contributed by atoms with E-state index in [9.17, 15) is 4.79 Å². The number of carbonyl (C=O) groups is 1. The monoisotopic (exact) mass is 247 g/mol. The summed E-state index contributed by atoms with van der Waals surface area (Å²) in [6.07, 6.45) is 1.80. The second-order valence-electron chi connectivity index (χ2n) is 4.54. The van der Waals surface area contributed by atoms with Crippen molar-refractivity contribution in [2.75, 3.05) is 0 Å². The number of rotatable bonds is 2. The first-order valence-electron chi connectivity index (χ1n) is 6.20. The van der Waals surface area contributed by atoms with E-state index in [1.54, 1.807) is 13.1 Å². The first kappa shape index (κ1) is 11.6. The van der Waals surface area contributed by atoms with Gasteiger partial charge in [0.2, 0.25) is 0 Å². The molecule has 0 spiro atoms. The molecule has 0 saturated carbocycles. The second-order valence-corrected chi connectivity index (χ2v) is 4.54. The Morgan fingerprint density at radius 3 is 2.42 bits per heavy atom. The molecule has 2 heteroatoms. The maximum absolute atomic E-state index is 11.3. The summed E-state index contributed by atoms with van der Waals surface area (Å²) in [5.74, 6) is 0.0919. The summed E-state index contributed by atoms with van der Waals surface area (Å²) in [7, 11) is 0. The third-order valence-electron chi connectivity index (χ3n) is 3.23. The average molecular weight is 247 g/mol. The topological polar surface area (TPSA) is 30.0 Å². The molecule has 0 aliphatic carbocycles. The molecule has 2 aromatic carbocycles. The van der Waals surface area contributed by atoms with Crippen molar-refractivity contribution in [3.63, 3.8) is 0 Å². The standard InChI is InChI=1S/C17H13NO/c1-12(19)13-4-6-14(7-5-13)15-8-9-17-16(11-15)3-2-10-18-17/h2-11H,1H3. The van der Waals surface area contributed by atoms with Crippen LogP contribution in [0, 0.1) is 0 Å². The lowest BCUT2D eigenvalue weighted by Crippen LogP contribution is -1.90. The highest BCUT2D eigenvalue weighted by molar-refractivity contribution is 5.94. The predicted octanol–water partition coefficient (Wildman–Crippen LogP) is 4.10. The predicted molar refractivity (Wildman–Crippen MR) is 77.2 cm³/mol. The first-order valence-corrected chi connectivity index (χ1v) is 6.20. The summed E-state index contributed by atoms with van der Waals surface area (Å²) in [6, 6.07) is 17.9. The molecule has 0 saturated heterocycles. The number of pyridine rings is 1. The van der Waals surface area contributed by atoms with Crippen LogP contribution in [0.2, 0.25) is 0 Å². The second kappa shape index (κ2) is 4.65. The van der Waals surface area contributed by atoms with E-state index >= 15 is 0 Å². The molecule has 1 heterocycles. The molecule has 3 aromatic rings. The summed E-state index contributed by atoms with van der Waals surface area (Å²) >= 11 is 0. The molecule has 92 valence electrons. The molecule has 1 aromatic heterocycles. The van der Waals surface area contributed by atoms with Crippen LogP contribution in [0.3, 0.4) is 0 Å². The van der Waals surface area contributed by atoms with Crippen LogP contribution in [0.1, 0.15) is 17.3 Å². The smallest absolute Gasteiger partial charge is 0.159 e. The van der Waals surface area contributed by atoms with Gasteiger partial charge in [-0.05, 0) is 36.2 Å². The molecule has 0 bridgehead atoms. The molecule has 0 radical (unpaired) electrons. The molecule has 0 fully saturated rings. The molecule has 0 unspecified atom stereocenters. The van der Waals surface area contributed by atoms with Crippen LogP contribution < -0.4 is 0 Å². The van der Waals surface area contributed by atoms with Crippen molar-refractivity contribution in [1.29, 1.82) is 0 Å². The van der Waals surface area contributed by atoms with E-state index in [2.05, 4.69) is 23.2 Å². The fourth-order valence-electron chi connectivity index (χ4n) is 2.15. The van der Waals surface area contributed by atoms with Gasteiger partial charge in [0, 0.05) is 17.1 Å². The van der Waals surface area contributed by atoms with E-state index in [0.29, 0.717) is 0 Å². The first-order chi connectivity index (χ1) is 9.24. The van der Waals surface area contributed by atoms with Crippen molar-refractivity contribution < 1.29 is 4.79 Å². The maximum Gasteiger partial charge on any atom is 0.159 e. The van der Waals surface area contributed by atoms with Crippen molar-refractivity contribution in [3.8, 4) is 11.1 Å². The molecular weight excluding hydrogens is 234 g/mol. The van der Waals surface area contributed by atoms with E-state index in [1.165, 1.54) is 0 Å². The van der Waals surface area contributed by atoms with Gasteiger partial charge in [-0.25, -0.2) is 0 Å². The van der Waals surface area contributed by atoms with Crippen LogP contribution in [0.25, 0.3) is 22.0 Å². The summed E-state index contributed by atoms with van der Waals surface area (Å²) in [5, 5.41) is 1.12. The quantitative estimate of drug-likeness (QED) is 0.638. The minimum Gasteiger partial charge on any atom is -0.295 e. The average Bonchev–Trinajstić information content (AvgIpc) is 2.47. The van der Waals surface area contributed by atoms with Gasteiger partial charge in [0.05, 0.1) is 5.52 Å². The van der Waals surface area contributed by atoms with Gasteiger partial charge in [0.1, 0.15) is 0 Å². The highest BCUT2D eigenvalue weighted by atomic mass is 16.1. The minimum atomic E-state index is 0.0919. The van der Waals surface area contributed by atoms with Crippen molar-refractivity contribution in [1.82, 2.24) is 4.98 Å². The van der Waals surface area contributed by atoms with Crippen LogP contribution >= 0.6 is 0 Å². The van der Waals surface area contributed by atoms with Crippen molar-refractivity contribution in [3.05, 3.63) is 66.4 Å². The lowest BCUT2D eigenvalue weighted by atomic mass is 10.0. The summed E-state index contributed by atoms with van der Waals surface area (Å²) in [4.78, 5) is 15.6. The number of fused-ring (bicyclic) bond motifs is 1. The zero-order valence-electron chi connectivity index (χ0n) is 10.6. The number of carbonyl (C=O) groups excluding carboxylic acids is 1. The Morgan fingerprint density at radius 2 is 1.68 bits per heavy atom. The van der Waals surface area contributed by atoms with Crippen LogP contribution in [-0.4, -0.2) is 10.8 Å². The normalized spacial score (nSPS) is 10.6. The Hall–Kier alpha value is -2.48. The minimum absolute atomic E-state index is 0.0919. The van der Waals surface area contributed by atoms with Crippen molar-refractivity contribution in [2.45, 2.75) is 6.92 Å². The van der Waals surface area contributed by atoms with Crippen LogP contribution in [0.15, 0.2) is 60.8 Å². The fraction of sp³-hybridized carbons (Fsp3) is 0.0588. The SMILES string of the molecule is CC(=O)c1ccc(-c2ccc3ncccc3c2)cc1. The lowest BCUT2D eigenvalue weighted by Gasteiger charge is -2.04. The van der Waals surface area contributed by atoms with Crippen molar-refractivity contribution in [2.24, 2.45) is 0 Å². The largest absolute Gasteiger partial charge is 0.295 e. The Bertz CT molecular complexity index is 745.